The first-order valence-electron chi connectivity index (χ1n) is 7.69. The quantitative estimate of drug-likeness (QED) is 0.892. The molecule has 1 saturated heterocycles. The fraction of sp³-hybridized carbons (Fsp3) is 0.688. The topological polar surface area (TPSA) is 45.4 Å². The predicted octanol–water partition coefficient (Wildman–Crippen LogP) is 1.89. The molecule has 0 aromatic carbocycles. The summed E-state index contributed by atoms with van der Waals surface area (Å²) in [5.41, 5.74) is 7.67. The maximum absolute atomic E-state index is 6.42. The van der Waals surface area contributed by atoms with Gasteiger partial charge >= 0.3 is 0 Å². The van der Waals surface area contributed by atoms with Crippen LogP contribution >= 0.6 is 0 Å². The third kappa shape index (κ3) is 3.57. The molecule has 0 radical (unpaired) electrons. The van der Waals surface area contributed by atoms with Crippen molar-refractivity contribution in [3.63, 3.8) is 0 Å². The molecule has 0 spiro atoms. The molecule has 0 saturated carbocycles. The van der Waals surface area contributed by atoms with Crippen LogP contribution in [0, 0.1) is 0 Å². The molecule has 112 valence electrons. The summed E-state index contributed by atoms with van der Waals surface area (Å²) in [6.07, 6.45) is 7.32. The van der Waals surface area contributed by atoms with Crippen molar-refractivity contribution in [2.24, 2.45) is 5.73 Å². The van der Waals surface area contributed by atoms with Gasteiger partial charge in [0.25, 0.3) is 0 Å². The molecule has 1 aliphatic rings. The average molecular weight is 276 g/mol. The van der Waals surface area contributed by atoms with Crippen LogP contribution in [0.4, 0.5) is 0 Å². The molecule has 0 aliphatic carbocycles. The number of likely N-dealkylation sites (N-methyl/N-ethyl adjacent to an activating group) is 1. The Hall–Kier alpha value is -0.970. The van der Waals surface area contributed by atoms with Gasteiger partial charge < -0.3 is 10.6 Å². The Labute approximate surface area is 123 Å². The Bertz CT molecular complexity index is 393. The standard InChI is InChI=1S/C16H28N4/c1-4-15(17)16(13-7-5-9-18-11-13)20-10-6-8-14(12-20)19(2)3/h5,7,9,11,14-16H,4,6,8,10,12,17H2,1-3H3. The van der Waals surface area contributed by atoms with E-state index in [1.54, 1.807) is 0 Å². The monoisotopic (exact) mass is 276 g/mol. The number of nitrogens with zero attached hydrogens (tertiary/aromatic N) is 3. The summed E-state index contributed by atoms with van der Waals surface area (Å²) in [6, 6.07) is 5.26. The minimum atomic E-state index is 0.167. The number of hydrogen-bond acceptors (Lipinski definition) is 4. The van der Waals surface area contributed by atoms with Gasteiger partial charge in [0.2, 0.25) is 0 Å². The van der Waals surface area contributed by atoms with Crippen molar-refractivity contribution in [1.29, 1.82) is 0 Å². The summed E-state index contributed by atoms with van der Waals surface area (Å²) in [4.78, 5) is 9.17. The third-order valence-electron chi connectivity index (χ3n) is 4.45. The fourth-order valence-electron chi connectivity index (χ4n) is 3.16. The molecule has 1 aliphatic heterocycles. The number of piperidine rings is 1. The van der Waals surface area contributed by atoms with Gasteiger partial charge in [0.1, 0.15) is 0 Å². The minimum Gasteiger partial charge on any atom is -0.326 e. The molecule has 2 rings (SSSR count). The Morgan fingerprint density at radius 1 is 1.50 bits per heavy atom. The molecular weight excluding hydrogens is 248 g/mol. The summed E-state index contributed by atoms with van der Waals surface area (Å²) in [5, 5.41) is 0. The summed E-state index contributed by atoms with van der Waals surface area (Å²) in [5.74, 6) is 0. The maximum atomic E-state index is 6.42. The zero-order valence-corrected chi connectivity index (χ0v) is 13.0. The molecule has 2 N–H and O–H groups in total. The summed E-state index contributed by atoms with van der Waals surface area (Å²) in [6.45, 7) is 4.40. The van der Waals surface area contributed by atoms with Crippen LogP contribution in [0.15, 0.2) is 24.5 Å². The number of hydrogen-bond donors (Lipinski definition) is 1. The molecule has 3 unspecified atom stereocenters. The molecule has 4 nitrogen and oxygen atoms in total. The van der Waals surface area contributed by atoms with Crippen molar-refractivity contribution in [3.05, 3.63) is 30.1 Å². The number of aromatic nitrogens is 1. The van der Waals surface area contributed by atoms with Crippen molar-refractivity contribution < 1.29 is 0 Å². The van der Waals surface area contributed by atoms with Gasteiger partial charge in [0.05, 0.1) is 6.04 Å². The molecule has 2 heterocycles. The second-order valence-corrected chi connectivity index (χ2v) is 6.06. The smallest absolute Gasteiger partial charge is 0.0514 e. The number of pyridine rings is 1. The molecule has 20 heavy (non-hydrogen) atoms. The van der Waals surface area contributed by atoms with E-state index in [-0.39, 0.29) is 12.1 Å². The molecule has 4 heteroatoms. The zero-order valence-electron chi connectivity index (χ0n) is 13.0. The maximum Gasteiger partial charge on any atom is 0.0514 e. The Kier molecular flexibility index (Phi) is 5.52. The Balaban J connectivity index is 2.18. The van der Waals surface area contributed by atoms with Crippen molar-refractivity contribution in [2.45, 2.75) is 44.3 Å². The first kappa shape index (κ1) is 15.4. The molecule has 1 fully saturated rings. The first-order valence-corrected chi connectivity index (χ1v) is 7.69. The van der Waals surface area contributed by atoms with Gasteiger partial charge in [0.15, 0.2) is 0 Å². The molecule has 1 aromatic heterocycles. The lowest BCUT2D eigenvalue weighted by Crippen LogP contribution is -2.50. The van der Waals surface area contributed by atoms with Gasteiger partial charge in [-0.15, -0.1) is 0 Å². The van der Waals surface area contributed by atoms with Crippen LogP contribution in [0.3, 0.4) is 0 Å². The van der Waals surface area contributed by atoms with E-state index < -0.39 is 0 Å². The largest absolute Gasteiger partial charge is 0.326 e. The molecule has 0 amide bonds. The van der Waals surface area contributed by atoms with Crippen LogP contribution in [0.5, 0.6) is 0 Å². The van der Waals surface area contributed by atoms with Crippen LogP contribution in [0.1, 0.15) is 37.8 Å². The molecule has 1 aromatic rings. The first-order chi connectivity index (χ1) is 9.63. The molecule has 0 bridgehead atoms. The van der Waals surface area contributed by atoms with E-state index in [1.165, 1.54) is 18.4 Å². The van der Waals surface area contributed by atoms with E-state index in [0.717, 1.165) is 19.5 Å². The summed E-state index contributed by atoms with van der Waals surface area (Å²) in [7, 11) is 4.35. The van der Waals surface area contributed by atoms with E-state index >= 15 is 0 Å². The van der Waals surface area contributed by atoms with E-state index in [2.05, 4.69) is 41.9 Å². The number of nitrogens with two attached hydrogens (primary N) is 1. The Morgan fingerprint density at radius 2 is 2.30 bits per heavy atom. The second kappa shape index (κ2) is 7.16. The van der Waals surface area contributed by atoms with Crippen LogP contribution in [-0.4, -0.2) is 54.1 Å². The third-order valence-corrected chi connectivity index (χ3v) is 4.45. The number of rotatable bonds is 5. The van der Waals surface area contributed by atoms with Crippen LogP contribution in [0.25, 0.3) is 0 Å². The lowest BCUT2D eigenvalue weighted by Gasteiger charge is -2.42. The second-order valence-electron chi connectivity index (χ2n) is 6.06. The van der Waals surface area contributed by atoms with E-state index in [9.17, 15) is 0 Å². The van der Waals surface area contributed by atoms with Gasteiger partial charge in [-0.05, 0) is 51.5 Å². The van der Waals surface area contributed by atoms with Crippen LogP contribution in [0.2, 0.25) is 0 Å². The SMILES string of the molecule is CCC(N)C(c1cccnc1)N1CCCC(N(C)C)C1. The minimum absolute atomic E-state index is 0.167. The molecular formula is C16H28N4. The van der Waals surface area contributed by atoms with Gasteiger partial charge in [-0.2, -0.15) is 0 Å². The van der Waals surface area contributed by atoms with Gasteiger partial charge in [-0.3, -0.25) is 9.88 Å². The van der Waals surface area contributed by atoms with Gasteiger partial charge in [-0.25, -0.2) is 0 Å². The predicted molar refractivity (Wildman–Crippen MR) is 83.5 cm³/mol. The highest BCUT2D eigenvalue weighted by Crippen LogP contribution is 2.28. The van der Waals surface area contributed by atoms with Crippen LogP contribution < -0.4 is 5.73 Å². The van der Waals surface area contributed by atoms with Crippen molar-refractivity contribution in [2.75, 3.05) is 27.2 Å². The van der Waals surface area contributed by atoms with Gasteiger partial charge in [-0.1, -0.05) is 13.0 Å². The Morgan fingerprint density at radius 3 is 2.90 bits per heavy atom. The van der Waals surface area contributed by atoms with Crippen molar-refractivity contribution >= 4 is 0 Å². The van der Waals surface area contributed by atoms with E-state index in [4.69, 9.17) is 5.73 Å². The van der Waals surface area contributed by atoms with Crippen molar-refractivity contribution in [1.82, 2.24) is 14.8 Å². The van der Waals surface area contributed by atoms with E-state index in [1.807, 2.05) is 18.5 Å². The fourth-order valence-corrected chi connectivity index (χ4v) is 3.16. The van der Waals surface area contributed by atoms with E-state index in [0.29, 0.717) is 6.04 Å². The summed E-state index contributed by atoms with van der Waals surface area (Å²) >= 11 is 0. The summed E-state index contributed by atoms with van der Waals surface area (Å²) < 4.78 is 0. The zero-order chi connectivity index (χ0) is 14.5. The average Bonchev–Trinajstić information content (AvgIpc) is 2.48. The molecule has 3 atom stereocenters. The number of likely N-dealkylation sites (tertiary alicyclic amines) is 1. The van der Waals surface area contributed by atoms with Gasteiger partial charge in [0, 0.05) is 31.0 Å². The lowest BCUT2D eigenvalue weighted by molar-refractivity contribution is 0.0830. The normalized spacial score (nSPS) is 23.8. The highest BCUT2D eigenvalue weighted by atomic mass is 15.2. The van der Waals surface area contributed by atoms with Crippen molar-refractivity contribution in [3.8, 4) is 0 Å². The lowest BCUT2D eigenvalue weighted by atomic mass is 9.94. The van der Waals surface area contributed by atoms with Crippen LogP contribution in [-0.2, 0) is 0 Å². The highest BCUT2D eigenvalue weighted by molar-refractivity contribution is 5.16. The highest BCUT2D eigenvalue weighted by Gasteiger charge is 2.30.